The Morgan fingerprint density at radius 3 is 1.94 bits per heavy atom. The number of benzene rings is 1. The summed E-state index contributed by atoms with van der Waals surface area (Å²) in [7, 11) is -3.31. The van der Waals surface area contributed by atoms with Gasteiger partial charge in [0.15, 0.2) is 16.6 Å². The highest BCUT2D eigenvalue weighted by atomic mass is 28.4. The number of esters is 1. The number of hydrogen-bond acceptors (Lipinski definition) is 5. The van der Waals surface area contributed by atoms with E-state index in [1.54, 1.807) is 0 Å². The summed E-state index contributed by atoms with van der Waals surface area (Å²) in [6.45, 7) is 18.9. The SMILES string of the molecule is COC(=O)C1=C[C@H]2[C@H]([C@H](OCc3ccccc3)O1)[Si](C(C)C)(C(C)C)O[Si]2(C(C)C)C(C)C. The van der Waals surface area contributed by atoms with Gasteiger partial charge in [-0.2, -0.15) is 0 Å². The predicted octanol–water partition coefficient (Wildman–Crippen LogP) is 6.92. The highest BCUT2D eigenvalue weighted by Gasteiger charge is 2.71. The lowest BCUT2D eigenvalue weighted by atomic mass is 10.2. The van der Waals surface area contributed by atoms with Crippen LogP contribution < -0.4 is 0 Å². The van der Waals surface area contributed by atoms with Crippen LogP contribution in [0.15, 0.2) is 42.2 Å². The molecule has 0 radical (unpaired) electrons. The zero-order chi connectivity index (χ0) is 24.6. The van der Waals surface area contributed by atoms with E-state index in [-0.39, 0.29) is 16.8 Å². The maximum Gasteiger partial charge on any atom is 0.373 e. The van der Waals surface area contributed by atoms with Crippen molar-refractivity contribution < 1.29 is 23.1 Å². The lowest BCUT2D eigenvalue weighted by molar-refractivity contribution is -0.161. The fraction of sp³-hybridized carbons (Fsp3) is 0.654. The average molecular weight is 491 g/mol. The van der Waals surface area contributed by atoms with Crippen molar-refractivity contribution in [3.63, 3.8) is 0 Å². The molecule has 0 aliphatic carbocycles. The lowest BCUT2D eigenvalue weighted by Gasteiger charge is -2.44. The maximum atomic E-state index is 12.7. The molecule has 1 aromatic carbocycles. The van der Waals surface area contributed by atoms with Gasteiger partial charge in [-0.1, -0.05) is 85.7 Å². The molecule has 5 nitrogen and oxygen atoms in total. The van der Waals surface area contributed by atoms with Gasteiger partial charge in [0, 0.05) is 11.1 Å². The van der Waals surface area contributed by atoms with E-state index in [0.717, 1.165) is 5.56 Å². The molecular weight excluding hydrogens is 448 g/mol. The van der Waals surface area contributed by atoms with E-state index in [1.807, 2.05) is 18.2 Å². The minimum Gasteiger partial charge on any atom is -0.463 e. The molecule has 0 N–H and O–H groups in total. The number of fused-ring (bicyclic) bond motifs is 1. The molecule has 33 heavy (non-hydrogen) atoms. The highest BCUT2D eigenvalue weighted by Crippen LogP contribution is 2.67. The number of hydrogen-bond donors (Lipinski definition) is 0. The molecule has 0 unspecified atom stereocenters. The van der Waals surface area contributed by atoms with Gasteiger partial charge >= 0.3 is 5.97 Å². The van der Waals surface area contributed by atoms with Gasteiger partial charge in [-0.05, 0) is 33.8 Å². The summed E-state index contributed by atoms with van der Waals surface area (Å²) in [6, 6.07) is 10.1. The van der Waals surface area contributed by atoms with E-state index in [9.17, 15) is 4.79 Å². The van der Waals surface area contributed by atoms with Crippen molar-refractivity contribution >= 4 is 22.6 Å². The first-order valence-electron chi connectivity index (χ1n) is 12.3. The first kappa shape index (κ1) is 26.2. The smallest absolute Gasteiger partial charge is 0.373 e. The van der Waals surface area contributed by atoms with Gasteiger partial charge in [0.05, 0.1) is 13.7 Å². The predicted molar refractivity (Wildman–Crippen MR) is 137 cm³/mol. The molecule has 2 aliphatic heterocycles. The monoisotopic (exact) mass is 490 g/mol. The molecule has 1 saturated heterocycles. The molecule has 3 rings (SSSR count). The normalized spacial score (nSPS) is 25.8. The van der Waals surface area contributed by atoms with E-state index in [1.165, 1.54) is 7.11 Å². The highest BCUT2D eigenvalue weighted by molar-refractivity contribution is 6.96. The number of methoxy groups -OCH3 is 1. The molecule has 3 atom stereocenters. The summed E-state index contributed by atoms with van der Waals surface area (Å²) in [5.41, 5.74) is 2.97. The van der Waals surface area contributed by atoms with Crippen molar-refractivity contribution in [2.75, 3.05) is 7.11 Å². The number of ether oxygens (including phenoxy) is 3. The summed E-state index contributed by atoms with van der Waals surface area (Å²) in [4.78, 5) is 12.7. The van der Waals surface area contributed by atoms with Gasteiger partial charge in [0.1, 0.15) is 0 Å². The molecule has 1 fully saturated rings. The summed E-state index contributed by atoms with van der Waals surface area (Å²) in [5.74, 6) is -0.165. The van der Waals surface area contributed by atoms with Crippen LogP contribution in [0, 0.1) is 0 Å². The van der Waals surface area contributed by atoms with Crippen LogP contribution in [0.3, 0.4) is 0 Å². The van der Waals surface area contributed by atoms with Gasteiger partial charge in [-0.25, -0.2) is 4.79 Å². The molecular formula is C26H42O5Si2. The Balaban J connectivity index is 2.17. The second-order valence-corrected chi connectivity index (χ2v) is 21.0. The zero-order valence-electron chi connectivity index (χ0n) is 21.8. The summed E-state index contributed by atoms with van der Waals surface area (Å²) in [6.07, 6.45) is 1.53. The van der Waals surface area contributed by atoms with Crippen LogP contribution in [0.4, 0.5) is 0 Å². The number of allylic oxidation sites excluding steroid dienone is 1. The molecule has 0 saturated carbocycles. The van der Waals surface area contributed by atoms with Crippen LogP contribution in [-0.4, -0.2) is 36.0 Å². The van der Waals surface area contributed by atoms with E-state index in [2.05, 4.69) is 73.6 Å². The van der Waals surface area contributed by atoms with Crippen molar-refractivity contribution in [2.24, 2.45) is 0 Å². The standard InChI is InChI=1S/C26H42O5Si2/c1-17(2)32(18(3)4)23-15-22(25(27)28-9)30-26(29-16-21-13-11-10-12-14-21)24(23)33(31-32,19(5)6)20(7)8/h10-15,17-20,23-24,26H,16H2,1-9H3/t23-,24+,26+/m0/s1. The minimum absolute atomic E-state index is 0.131. The Labute approximate surface area is 202 Å². The molecule has 184 valence electrons. The average Bonchev–Trinajstić information content (AvgIpc) is 3.11. The van der Waals surface area contributed by atoms with Crippen molar-refractivity contribution in [1.82, 2.24) is 0 Å². The second kappa shape index (κ2) is 10.1. The quantitative estimate of drug-likeness (QED) is 0.292. The van der Waals surface area contributed by atoms with Gasteiger partial charge in [0.2, 0.25) is 12.0 Å². The maximum absolute atomic E-state index is 12.7. The Morgan fingerprint density at radius 2 is 1.45 bits per heavy atom. The Morgan fingerprint density at radius 1 is 0.909 bits per heavy atom. The van der Waals surface area contributed by atoms with Crippen LogP contribution >= 0.6 is 0 Å². The second-order valence-electron chi connectivity index (χ2n) is 10.8. The fourth-order valence-corrected chi connectivity index (χ4v) is 23.5. The van der Waals surface area contributed by atoms with Gasteiger partial charge in [0.25, 0.3) is 0 Å². The lowest BCUT2D eigenvalue weighted by Crippen LogP contribution is -2.52. The van der Waals surface area contributed by atoms with E-state index >= 15 is 0 Å². The zero-order valence-corrected chi connectivity index (χ0v) is 23.8. The Hall–Kier alpha value is -1.42. The van der Waals surface area contributed by atoms with E-state index < -0.39 is 28.9 Å². The number of carbonyl (C=O) groups is 1. The Kier molecular flexibility index (Phi) is 7.98. The third-order valence-corrected chi connectivity index (χ3v) is 21.5. The molecule has 2 heterocycles. The fourth-order valence-electron chi connectivity index (χ4n) is 6.47. The minimum atomic E-state index is -2.37. The summed E-state index contributed by atoms with van der Waals surface area (Å²) < 4.78 is 25.5. The van der Waals surface area contributed by atoms with Crippen LogP contribution in [0.25, 0.3) is 0 Å². The van der Waals surface area contributed by atoms with Crippen molar-refractivity contribution in [3.8, 4) is 0 Å². The molecule has 0 spiro atoms. The number of carbonyl (C=O) groups excluding carboxylic acids is 1. The first-order chi connectivity index (χ1) is 15.5. The number of rotatable bonds is 8. The van der Waals surface area contributed by atoms with Crippen LogP contribution in [0.5, 0.6) is 0 Å². The Bertz CT molecular complexity index is 833. The summed E-state index contributed by atoms with van der Waals surface area (Å²) >= 11 is 0. The van der Waals surface area contributed by atoms with E-state index in [4.69, 9.17) is 18.3 Å². The molecule has 0 amide bonds. The van der Waals surface area contributed by atoms with Crippen LogP contribution in [0.1, 0.15) is 61.0 Å². The largest absolute Gasteiger partial charge is 0.463 e. The molecule has 1 aromatic rings. The molecule has 7 heteroatoms. The molecule has 0 bridgehead atoms. The van der Waals surface area contributed by atoms with Gasteiger partial charge < -0.3 is 18.3 Å². The third kappa shape index (κ3) is 4.37. The van der Waals surface area contributed by atoms with Crippen molar-refractivity contribution in [2.45, 2.75) is 102 Å². The topological polar surface area (TPSA) is 54.0 Å². The first-order valence-corrected chi connectivity index (χ1v) is 16.6. The van der Waals surface area contributed by atoms with Gasteiger partial charge in [-0.3, -0.25) is 0 Å². The molecule has 2 aliphatic rings. The van der Waals surface area contributed by atoms with Crippen LogP contribution in [0.2, 0.25) is 33.2 Å². The third-order valence-electron chi connectivity index (χ3n) is 7.90. The van der Waals surface area contributed by atoms with E-state index in [0.29, 0.717) is 28.8 Å². The summed E-state index contributed by atoms with van der Waals surface area (Å²) in [5, 5.41) is 0. The van der Waals surface area contributed by atoms with Crippen molar-refractivity contribution in [3.05, 3.63) is 47.7 Å². The van der Waals surface area contributed by atoms with Gasteiger partial charge in [-0.15, -0.1) is 0 Å². The van der Waals surface area contributed by atoms with Crippen molar-refractivity contribution in [1.29, 1.82) is 0 Å². The van der Waals surface area contributed by atoms with Crippen LogP contribution in [-0.2, 0) is 29.7 Å². The molecule has 0 aromatic heterocycles.